The van der Waals surface area contributed by atoms with Crippen molar-refractivity contribution in [2.45, 2.75) is 19.8 Å². The van der Waals surface area contributed by atoms with Crippen LogP contribution in [0.15, 0.2) is 18.3 Å². The van der Waals surface area contributed by atoms with E-state index < -0.39 is 0 Å². The van der Waals surface area contributed by atoms with Gasteiger partial charge in [0.25, 0.3) is 0 Å². The molecule has 2 aromatic rings. The van der Waals surface area contributed by atoms with Crippen LogP contribution in [-0.4, -0.2) is 32.3 Å². The van der Waals surface area contributed by atoms with Gasteiger partial charge in [0.2, 0.25) is 0 Å². The second kappa shape index (κ2) is 6.47. The number of esters is 1. The molecular formula is C13H15ClN4O2. The van der Waals surface area contributed by atoms with Gasteiger partial charge in [0.1, 0.15) is 5.69 Å². The van der Waals surface area contributed by atoms with Gasteiger partial charge < -0.3 is 4.74 Å². The molecule has 0 amide bonds. The Hall–Kier alpha value is -1.95. The zero-order valence-electron chi connectivity index (χ0n) is 11.3. The summed E-state index contributed by atoms with van der Waals surface area (Å²) < 4.78 is 6.49. The summed E-state index contributed by atoms with van der Waals surface area (Å²) in [7, 11) is 1.78. The highest BCUT2D eigenvalue weighted by Gasteiger charge is 2.12. The molecule has 2 heterocycles. The molecule has 0 aliphatic heterocycles. The maximum Gasteiger partial charge on any atom is 0.306 e. The third-order valence-corrected chi connectivity index (χ3v) is 2.85. The minimum absolute atomic E-state index is 0.248. The van der Waals surface area contributed by atoms with Crippen molar-refractivity contribution in [2.75, 3.05) is 6.61 Å². The number of hydrogen-bond acceptors (Lipinski definition) is 5. The maximum atomic E-state index is 11.3. The summed E-state index contributed by atoms with van der Waals surface area (Å²) in [6.45, 7) is 2.16. The van der Waals surface area contributed by atoms with Crippen molar-refractivity contribution in [1.82, 2.24) is 19.7 Å². The van der Waals surface area contributed by atoms with Crippen LogP contribution in [0.25, 0.3) is 11.5 Å². The predicted octanol–water partition coefficient (Wildman–Crippen LogP) is 2.03. The Labute approximate surface area is 121 Å². The van der Waals surface area contributed by atoms with E-state index in [1.54, 1.807) is 37.0 Å². The van der Waals surface area contributed by atoms with Crippen LogP contribution in [0.3, 0.4) is 0 Å². The van der Waals surface area contributed by atoms with Crippen molar-refractivity contribution in [3.05, 3.63) is 29.2 Å². The molecule has 0 saturated carbocycles. The summed E-state index contributed by atoms with van der Waals surface area (Å²) in [5.41, 5.74) is 0.648. The highest BCUT2D eigenvalue weighted by Crippen LogP contribution is 2.18. The van der Waals surface area contributed by atoms with Crippen LogP contribution in [0.5, 0.6) is 0 Å². The second-order valence-electron chi connectivity index (χ2n) is 4.14. The fraction of sp³-hybridized carbons (Fsp3) is 0.385. The summed E-state index contributed by atoms with van der Waals surface area (Å²) in [6.07, 6.45) is 2.32. The smallest absolute Gasteiger partial charge is 0.306 e. The third kappa shape index (κ3) is 3.54. The molecule has 20 heavy (non-hydrogen) atoms. The highest BCUT2D eigenvalue weighted by atomic mass is 35.5. The quantitative estimate of drug-likeness (QED) is 0.789. The molecule has 0 bridgehead atoms. The molecule has 2 aromatic heterocycles. The lowest BCUT2D eigenvalue weighted by molar-refractivity contribution is -0.143. The van der Waals surface area contributed by atoms with Crippen LogP contribution in [0, 0.1) is 0 Å². The largest absolute Gasteiger partial charge is 0.466 e. The number of carbonyl (C=O) groups excluding carboxylic acids is 1. The minimum Gasteiger partial charge on any atom is -0.466 e. The molecule has 0 N–H and O–H groups in total. The van der Waals surface area contributed by atoms with Gasteiger partial charge in [-0.1, -0.05) is 11.6 Å². The molecule has 0 aliphatic carbocycles. The molecule has 0 unspecified atom stereocenters. The standard InChI is InChI=1S/C13H15ClN4O2/c1-3-20-12(19)5-4-11-16-13(18(2)17-11)10-8-9(14)6-7-15-10/h6-8H,3-5H2,1-2H3. The SMILES string of the molecule is CCOC(=O)CCc1nc(-c2cc(Cl)ccn2)n(C)n1. The molecule has 0 saturated heterocycles. The Morgan fingerprint density at radius 1 is 1.50 bits per heavy atom. The first-order valence-corrected chi connectivity index (χ1v) is 6.65. The highest BCUT2D eigenvalue weighted by molar-refractivity contribution is 6.30. The van der Waals surface area contributed by atoms with Crippen molar-refractivity contribution < 1.29 is 9.53 Å². The lowest BCUT2D eigenvalue weighted by Crippen LogP contribution is -2.06. The average Bonchev–Trinajstić information content (AvgIpc) is 2.78. The van der Waals surface area contributed by atoms with Gasteiger partial charge in [0, 0.05) is 24.7 Å². The van der Waals surface area contributed by atoms with Gasteiger partial charge >= 0.3 is 5.97 Å². The number of carbonyl (C=O) groups is 1. The van der Waals surface area contributed by atoms with Gasteiger partial charge in [0.15, 0.2) is 11.6 Å². The topological polar surface area (TPSA) is 69.9 Å². The Morgan fingerprint density at radius 2 is 2.30 bits per heavy atom. The molecule has 0 atom stereocenters. The van der Waals surface area contributed by atoms with Gasteiger partial charge in [-0.05, 0) is 19.1 Å². The Bertz CT molecular complexity index is 612. The summed E-state index contributed by atoms with van der Waals surface area (Å²) in [5.74, 6) is 0.950. The van der Waals surface area contributed by atoms with E-state index in [1.807, 2.05) is 0 Å². The van der Waals surface area contributed by atoms with Gasteiger partial charge in [0.05, 0.1) is 13.0 Å². The first kappa shape index (κ1) is 14.5. The number of nitrogens with zero attached hydrogens (tertiary/aromatic N) is 4. The summed E-state index contributed by atoms with van der Waals surface area (Å²) in [4.78, 5) is 19.9. The summed E-state index contributed by atoms with van der Waals surface area (Å²) in [6, 6.07) is 3.42. The molecule has 0 aromatic carbocycles. The maximum absolute atomic E-state index is 11.3. The minimum atomic E-state index is -0.248. The zero-order valence-corrected chi connectivity index (χ0v) is 12.1. The van der Waals surface area contributed by atoms with Gasteiger partial charge in [-0.25, -0.2) is 9.67 Å². The van der Waals surface area contributed by atoms with Crippen molar-refractivity contribution in [1.29, 1.82) is 0 Å². The molecule has 0 radical (unpaired) electrons. The van der Waals surface area contributed by atoms with Crippen LogP contribution < -0.4 is 0 Å². The predicted molar refractivity (Wildman–Crippen MR) is 74.2 cm³/mol. The van der Waals surface area contributed by atoms with E-state index in [4.69, 9.17) is 16.3 Å². The second-order valence-corrected chi connectivity index (χ2v) is 4.58. The van der Waals surface area contributed by atoms with Crippen LogP contribution in [0.1, 0.15) is 19.2 Å². The van der Waals surface area contributed by atoms with E-state index in [9.17, 15) is 4.79 Å². The van der Waals surface area contributed by atoms with E-state index >= 15 is 0 Å². The fourth-order valence-corrected chi connectivity index (χ4v) is 1.90. The summed E-state index contributed by atoms with van der Waals surface area (Å²) >= 11 is 5.93. The number of halogens is 1. The molecule has 106 valence electrons. The Balaban J connectivity index is 2.12. The van der Waals surface area contributed by atoms with Crippen molar-refractivity contribution in [3.8, 4) is 11.5 Å². The van der Waals surface area contributed by atoms with E-state index in [1.165, 1.54) is 0 Å². The average molecular weight is 295 g/mol. The number of hydrogen-bond donors (Lipinski definition) is 0. The molecule has 0 spiro atoms. The molecule has 0 fully saturated rings. The lowest BCUT2D eigenvalue weighted by Gasteiger charge is -1.98. The monoisotopic (exact) mass is 294 g/mol. The Morgan fingerprint density at radius 3 is 3.00 bits per heavy atom. The first-order valence-electron chi connectivity index (χ1n) is 6.27. The van der Waals surface area contributed by atoms with Crippen LogP contribution in [-0.2, 0) is 23.0 Å². The molecule has 7 heteroatoms. The molecule has 2 rings (SSSR count). The number of rotatable bonds is 5. The number of pyridine rings is 1. The third-order valence-electron chi connectivity index (χ3n) is 2.62. The van der Waals surface area contributed by atoms with E-state index in [-0.39, 0.29) is 12.4 Å². The fourth-order valence-electron chi connectivity index (χ4n) is 1.74. The van der Waals surface area contributed by atoms with Crippen LogP contribution in [0.2, 0.25) is 5.02 Å². The summed E-state index contributed by atoms with van der Waals surface area (Å²) in [5, 5.41) is 4.85. The van der Waals surface area contributed by atoms with Crippen molar-refractivity contribution in [3.63, 3.8) is 0 Å². The Kier molecular flexibility index (Phi) is 4.68. The molecule has 6 nitrogen and oxygen atoms in total. The van der Waals surface area contributed by atoms with Crippen molar-refractivity contribution >= 4 is 17.6 Å². The lowest BCUT2D eigenvalue weighted by atomic mass is 10.3. The number of aromatic nitrogens is 4. The number of ether oxygens (including phenoxy) is 1. The van der Waals surface area contributed by atoms with Crippen LogP contribution >= 0.6 is 11.6 Å². The van der Waals surface area contributed by atoms with Gasteiger partial charge in [-0.2, -0.15) is 5.10 Å². The van der Waals surface area contributed by atoms with Gasteiger partial charge in [-0.3, -0.25) is 9.78 Å². The number of aryl methyl sites for hydroxylation is 2. The van der Waals surface area contributed by atoms with Crippen LogP contribution in [0.4, 0.5) is 0 Å². The normalized spacial score (nSPS) is 10.6. The molecular weight excluding hydrogens is 280 g/mol. The van der Waals surface area contributed by atoms with E-state index in [0.29, 0.717) is 35.4 Å². The van der Waals surface area contributed by atoms with E-state index in [2.05, 4.69) is 15.1 Å². The van der Waals surface area contributed by atoms with E-state index in [0.717, 1.165) is 0 Å². The first-order chi connectivity index (χ1) is 9.60. The molecule has 0 aliphatic rings. The zero-order chi connectivity index (χ0) is 14.5. The van der Waals surface area contributed by atoms with Gasteiger partial charge in [-0.15, -0.1) is 0 Å². The van der Waals surface area contributed by atoms with Crippen molar-refractivity contribution in [2.24, 2.45) is 7.05 Å².